The van der Waals surface area contributed by atoms with Crippen LogP contribution in [0.25, 0.3) is 0 Å². The maximum Gasteiger partial charge on any atom is 0.303 e. The van der Waals surface area contributed by atoms with Crippen molar-refractivity contribution < 1.29 is 15.0 Å². The number of aryl methyl sites for hydroxylation is 1. The minimum atomic E-state index is -0.811. The van der Waals surface area contributed by atoms with Crippen molar-refractivity contribution in [1.82, 2.24) is 15.0 Å². The number of hydrogen-bond acceptors (Lipinski definition) is 4. The fraction of sp³-hybridized carbons (Fsp3) is 0.727. The molecule has 0 aromatic carbocycles. The van der Waals surface area contributed by atoms with E-state index in [-0.39, 0.29) is 6.42 Å². The molecule has 1 heterocycles. The zero-order valence-electron chi connectivity index (χ0n) is 10.3. The number of carbonyl (C=O) groups is 1. The summed E-state index contributed by atoms with van der Waals surface area (Å²) in [7, 11) is 0. The maximum absolute atomic E-state index is 10.3. The molecule has 0 fully saturated rings. The number of aliphatic hydroxyl groups is 1. The maximum atomic E-state index is 10.3. The number of carboxylic acid groups (broad SMARTS) is 1. The third-order valence-corrected chi connectivity index (χ3v) is 2.21. The van der Waals surface area contributed by atoms with Crippen molar-refractivity contribution in [3.8, 4) is 0 Å². The molecular weight excluding hydrogens is 222 g/mol. The second-order valence-corrected chi connectivity index (χ2v) is 4.82. The van der Waals surface area contributed by atoms with Crippen LogP contribution in [0.4, 0.5) is 0 Å². The second kappa shape index (κ2) is 5.77. The highest BCUT2D eigenvalue weighted by Crippen LogP contribution is 2.07. The molecule has 0 radical (unpaired) electrons. The molecule has 0 aliphatic rings. The highest BCUT2D eigenvalue weighted by Gasteiger charge is 2.14. The van der Waals surface area contributed by atoms with E-state index >= 15 is 0 Å². The Morgan fingerprint density at radius 1 is 1.47 bits per heavy atom. The molecule has 17 heavy (non-hydrogen) atoms. The summed E-state index contributed by atoms with van der Waals surface area (Å²) in [4.78, 5) is 10.3. The van der Waals surface area contributed by atoms with Gasteiger partial charge in [0.1, 0.15) is 0 Å². The Balaban J connectivity index is 2.33. The van der Waals surface area contributed by atoms with Crippen molar-refractivity contribution in [2.75, 3.05) is 0 Å². The molecule has 2 N–H and O–H groups in total. The van der Waals surface area contributed by atoms with Gasteiger partial charge in [0.05, 0.1) is 17.8 Å². The molecule has 0 spiro atoms. The van der Waals surface area contributed by atoms with Gasteiger partial charge in [-0.05, 0) is 33.1 Å². The van der Waals surface area contributed by atoms with Crippen molar-refractivity contribution in [2.45, 2.75) is 51.7 Å². The normalized spacial score (nSPS) is 11.7. The molecule has 0 aliphatic carbocycles. The lowest BCUT2D eigenvalue weighted by Crippen LogP contribution is -2.26. The summed E-state index contributed by atoms with van der Waals surface area (Å²) in [5, 5.41) is 26.0. The van der Waals surface area contributed by atoms with Gasteiger partial charge in [0, 0.05) is 12.6 Å². The van der Waals surface area contributed by atoms with Gasteiger partial charge < -0.3 is 10.2 Å². The first-order valence-corrected chi connectivity index (χ1v) is 5.70. The summed E-state index contributed by atoms with van der Waals surface area (Å²) in [6.07, 6.45) is 4.14. The molecule has 6 nitrogen and oxygen atoms in total. The predicted octanol–water partition coefficient (Wildman–Crippen LogP) is 0.846. The Morgan fingerprint density at radius 3 is 2.76 bits per heavy atom. The van der Waals surface area contributed by atoms with Gasteiger partial charge in [-0.1, -0.05) is 5.21 Å². The lowest BCUT2D eigenvalue weighted by molar-refractivity contribution is -0.137. The lowest BCUT2D eigenvalue weighted by Gasteiger charge is -2.15. The average Bonchev–Trinajstić information content (AvgIpc) is 2.57. The van der Waals surface area contributed by atoms with E-state index < -0.39 is 11.6 Å². The van der Waals surface area contributed by atoms with Gasteiger partial charge in [-0.15, -0.1) is 5.10 Å². The summed E-state index contributed by atoms with van der Waals surface area (Å²) in [5.41, 5.74) is 0.0218. The Morgan fingerprint density at radius 2 is 2.18 bits per heavy atom. The summed E-state index contributed by atoms with van der Waals surface area (Å²) < 4.78 is 1.60. The standard InChI is InChI=1S/C11H19N3O3/c1-11(2,17)8-14-7-9(12-13-14)5-3-4-6-10(15)16/h7,17H,3-6,8H2,1-2H3,(H,15,16). The van der Waals surface area contributed by atoms with Gasteiger partial charge in [0.25, 0.3) is 0 Å². The van der Waals surface area contributed by atoms with Crippen LogP contribution >= 0.6 is 0 Å². The van der Waals surface area contributed by atoms with Crippen LogP contribution in [-0.2, 0) is 17.8 Å². The van der Waals surface area contributed by atoms with Crippen molar-refractivity contribution in [2.24, 2.45) is 0 Å². The molecule has 1 rings (SSSR count). The zero-order valence-corrected chi connectivity index (χ0v) is 10.3. The quantitative estimate of drug-likeness (QED) is 0.691. The van der Waals surface area contributed by atoms with Crippen LogP contribution in [0, 0.1) is 0 Å². The van der Waals surface area contributed by atoms with E-state index in [1.165, 1.54) is 0 Å². The third kappa shape index (κ3) is 6.01. The van der Waals surface area contributed by atoms with Crippen molar-refractivity contribution in [1.29, 1.82) is 0 Å². The molecule has 0 amide bonds. The molecule has 0 saturated carbocycles. The first-order valence-electron chi connectivity index (χ1n) is 5.70. The van der Waals surface area contributed by atoms with Crippen LogP contribution in [0.1, 0.15) is 38.8 Å². The van der Waals surface area contributed by atoms with Crippen molar-refractivity contribution in [3.05, 3.63) is 11.9 Å². The van der Waals surface area contributed by atoms with Crippen LogP contribution in [0.15, 0.2) is 6.20 Å². The van der Waals surface area contributed by atoms with Gasteiger partial charge >= 0.3 is 5.97 Å². The SMILES string of the molecule is CC(C)(O)Cn1cc(CCCCC(=O)O)nn1. The monoisotopic (exact) mass is 241 g/mol. The molecule has 0 saturated heterocycles. The molecule has 0 atom stereocenters. The summed E-state index contributed by atoms with van der Waals surface area (Å²) in [6.45, 7) is 3.82. The largest absolute Gasteiger partial charge is 0.481 e. The van der Waals surface area contributed by atoms with E-state index in [0.717, 1.165) is 18.5 Å². The number of unbranched alkanes of at least 4 members (excludes halogenated alkanes) is 1. The number of carboxylic acids is 1. The van der Waals surface area contributed by atoms with Gasteiger partial charge in [-0.2, -0.15) is 0 Å². The smallest absolute Gasteiger partial charge is 0.303 e. The average molecular weight is 241 g/mol. The van der Waals surface area contributed by atoms with Crippen molar-refractivity contribution >= 4 is 5.97 Å². The van der Waals surface area contributed by atoms with Crippen LogP contribution in [0.5, 0.6) is 0 Å². The molecule has 96 valence electrons. The van der Waals surface area contributed by atoms with Gasteiger partial charge in [-0.3, -0.25) is 4.79 Å². The van der Waals surface area contributed by atoms with Crippen LogP contribution in [0.2, 0.25) is 0 Å². The summed E-state index contributed by atoms with van der Waals surface area (Å²) in [5.74, 6) is -0.768. The van der Waals surface area contributed by atoms with E-state index in [1.54, 1.807) is 24.7 Å². The number of nitrogens with zero attached hydrogens (tertiary/aromatic N) is 3. The topological polar surface area (TPSA) is 88.2 Å². The number of aliphatic carboxylic acids is 1. The molecule has 0 aliphatic heterocycles. The van der Waals surface area contributed by atoms with Gasteiger partial charge in [-0.25, -0.2) is 4.68 Å². The number of hydrogen-bond donors (Lipinski definition) is 2. The van der Waals surface area contributed by atoms with Crippen LogP contribution in [-0.4, -0.2) is 36.8 Å². The van der Waals surface area contributed by atoms with Crippen LogP contribution < -0.4 is 0 Å². The van der Waals surface area contributed by atoms with E-state index in [2.05, 4.69) is 10.3 Å². The molecular formula is C11H19N3O3. The first-order chi connectivity index (χ1) is 7.87. The molecule has 1 aromatic heterocycles. The molecule has 1 aromatic rings. The predicted molar refractivity (Wildman–Crippen MR) is 61.5 cm³/mol. The Hall–Kier alpha value is -1.43. The van der Waals surface area contributed by atoms with E-state index in [0.29, 0.717) is 13.0 Å². The fourth-order valence-electron chi connectivity index (χ4n) is 1.51. The van der Waals surface area contributed by atoms with Crippen molar-refractivity contribution in [3.63, 3.8) is 0 Å². The van der Waals surface area contributed by atoms with E-state index in [1.807, 2.05) is 0 Å². The lowest BCUT2D eigenvalue weighted by atomic mass is 10.1. The highest BCUT2D eigenvalue weighted by molar-refractivity contribution is 5.66. The van der Waals surface area contributed by atoms with Crippen LogP contribution in [0.3, 0.4) is 0 Å². The van der Waals surface area contributed by atoms with Gasteiger partial charge in [0.15, 0.2) is 0 Å². The molecule has 0 unspecified atom stereocenters. The highest BCUT2D eigenvalue weighted by atomic mass is 16.4. The summed E-state index contributed by atoms with van der Waals surface area (Å²) in [6, 6.07) is 0. The zero-order chi connectivity index (χ0) is 12.9. The number of rotatable bonds is 7. The minimum Gasteiger partial charge on any atom is -0.481 e. The van der Waals surface area contributed by atoms with E-state index in [4.69, 9.17) is 5.11 Å². The molecule has 6 heteroatoms. The Kier molecular flexibility index (Phi) is 4.62. The second-order valence-electron chi connectivity index (χ2n) is 4.82. The Bertz CT molecular complexity index is 368. The third-order valence-electron chi connectivity index (χ3n) is 2.21. The Labute approximate surface area is 100 Å². The first kappa shape index (κ1) is 13.6. The van der Waals surface area contributed by atoms with Gasteiger partial charge in [0.2, 0.25) is 0 Å². The van der Waals surface area contributed by atoms with E-state index in [9.17, 15) is 9.90 Å². The minimum absolute atomic E-state index is 0.192. The summed E-state index contributed by atoms with van der Waals surface area (Å²) >= 11 is 0. The molecule has 0 bridgehead atoms. The number of aromatic nitrogens is 3. The fourth-order valence-corrected chi connectivity index (χ4v) is 1.51.